The minimum absolute atomic E-state index is 0.0153. The number of benzene rings is 1. The Morgan fingerprint density at radius 3 is 2.64 bits per heavy atom. The van der Waals surface area contributed by atoms with Crippen LogP contribution in [0.25, 0.3) is 0 Å². The SMILES string of the molecule is CC1OC2(CCN(CCC3COc4ccccc4O3)CC2)C(C(C)C)NC1=O. The van der Waals surface area contributed by atoms with E-state index in [9.17, 15) is 4.79 Å². The van der Waals surface area contributed by atoms with E-state index in [1.807, 2.05) is 31.2 Å². The van der Waals surface area contributed by atoms with Gasteiger partial charge in [-0.15, -0.1) is 0 Å². The number of amides is 1. The minimum Gasteiger partial charge on any atom is -0.486 e. The fraction of sp³-hybridized carbons (Fsp3) is 0.682. The van der Waals surface area contributed by atoms with Crippen molar-refractivity contribution >= 4 is 5.91 Å². The van der Waals surface area contributed by atoms with E-state index in [0.29, 0.717) is 12.5 Å². The number of nitrogens with zero attached hydrogens (tertiary/aromatic N) is 1. The lowest BCUT2D eigenvalue weighted by Gasteiger charge is -2.51. The van der Waals surface area contributed by atoms with Crippen LogP contribution in [-0.2, 0) is 9.53 Å². The van der Waals surface area contributed by atoms with E-state index in [1.54, 1.807) is 0 Å². The molecular formula is C22H32N2O4. The van der Waals surface area contributed by atoms with Gasteiger partial charge in [0, 0.05) is 26.1 Å². The second kappa shape index (κ2) is 7.91. The zero-order chi connectivity index (χ0) is 19.7. The first kappa shape index (κ1) is 19.5. The standard InChI is InChI=1S/C22H32N2O4/c1-15(2)20-22(28-16(3)21(25)23-20)9-12-24(13-10-22)11-8-17-14-26-18-6-4-5-7-19(18)27-17/h4-7,15-17,20H,8-14H2,1-3H3,(H,23,25). The Kier molecular flexibility index (Phi) is 5.52. The van der Waals surface area contributed by atoms with Crippen LogP contribution in [0.1, 0.15) is 40.0 Å². The summed E-state index contributed by atoms with van der Waals surface area (Å²) in [6.07, 6.45) is 2.58. The largest absolute Gasteiger partial charge is 0.486 e. The van der Waals surface area contributed by atoms with Gasteiger partial charge < -0.3 is 24.4 Å². The maximum atomic E-state index is 12.1. The lowest BCUT2D eigenvalue weighted by Crippen LogP contribution is -2.67. The first-order chi connectivity index (χ1) is 13.5. The molecule has 6 nitrogen and oxygen atoms in total. The lowest BCUT2D eigenvalue weighted by atomic mass is 9.77. The van der Waals surface area contributed by atoms with Gasteiger partial charge in [-0.05, 0) is 37.8 Å². The fourth-order valence-corrected chi connectivity index (χ4v) is 4.77. The Hall–Kier alpha value is -1.79. The van der Waals surface area contributed by atoms with Crippen molar-refractivity contribution in [1.29, 1.82) is 0 Å². The van der Waals surface area contributed by atoms with Gasteiger partial charge in [0.15, 0.2) is 11.5 Å². The number of ether oxygens (including phenoxy) is 3. The van der Waals surface area contributed by atoms with Crippen molar-refractivity contribution in [3.05, 3.63) is 24.3 Å². The second-order valence-electron chi connectivity index (χ2n) is 8.68. The molecule has 2 fully saturated rings. The van der Waals surface area contributed by atoms with Crippen LogP contribution in [0.3, 0.4) is 0 Å². The normalized spacial score (nSPS) is 29.7. The summed E-state index contributed by atoms with van der Waals surface area (Å²) in [4.78, 5) is 14.6. The van der Waals surface area contributed by atoms with Gasteiger partial charge in [-0.2, -0.15) is 0 Å². The smallest absolute Gasteiger partial charge is 0.249 e. The second-order valence-corrected chi connectivity index (χ2v) is 8.68. The molecule has 154 valence electrons. The van der Waals surface area contributed by atoms with Gasteiger partial charge in [0.2, 0.25) is 5.91 Å². The molecule has 3 atom stereocenters. The van der Waals surface area contributed by atoms with Crippen molar-refractivity contribution in [1.82, 2.24) is 10.2 Å². The molecule has 28 heavy (non-hydrogen) atoms. The van der Waals surface area contributed by atoms with E-state index in [1.165, 1.54) is 0 Å². The Morgan fingerprint density at radius 1 is 1.21 bits per heavy atom. The highest BCUT2D eigenvalue weighted by molar-refractivity contribution is 5.81. The first-order valence-corrected chi connectivity index (χ1v) is 10.6. The molecule has 1 N–H and O–H groups in total. The number of carbonyl (C=O) groups excluding carboxylic acids is 1. The van der Waals surface area contributed by atoms with Crippen molar-refractivity contribution in [3.63, 3.8) is 0 Å². The van der Waals surface area contributed by atoms with Gasteiger partial charge in [0.25, 0.3) is 0 Å². The Morgan fingerprint density at radius 2 is 1.93 bits per heavy atom. The van der Waals surface area contributed by atoms with Crippen LogP contribution in [0.5, 0.6) is 11.5 Å². The van der Waals surface area contributed by atoms with Gasteiger partial charge in [-0.25, -0.2) is 0 Å². The Labute approximate surface area is 167 Å². The minimum atomic E-state index is -0.366. The molecule has 0 radical (unpaired) electrons. The predicted octanol–water partition coefficient (Wildman–Crippen LogP) is 2.61. The molecule has 1 aromatic carbocycles. The summed E-state index contributed by atoms with van der Waals surface area (Å²) in [5, 5.41) is 3.22. The van der Waals surface area contributed by atoms with Crippen LogP contribution in [0.4, 0.5) is 0 Å². The van der Waals surface area contributed by atoms with E-state index < -0.39 is 0 Å². The lowest BCUT2D eigenvalue weighted by molar-refractivity contribution is -0.185. The third-order valence-electron chi connectivity index (χ3n) is 6.35. The summed E-state index contributed by atoms with van der Waals surface area (Å²) in [5.41, 5.74) is -0.235. The molecule has 4 rings (SSSR count). The molecule has 0 saturated carbocycles. The summed E-state index contributed by atoms with van der Waals surface area (Å²) < 4.78 is 18.2. The van der Waals surface area contributed by atoms with E-state index in [0.717, 1.165) is 50.4 Å². The highest BCUT2D eigenvalue weighted by Gasteiger charge is 2.49. The molecule has 2 saturated heterocycles. The summed E-state index contributed by atoms with van der Waals surface area (Å²) >= 11 is 0. The average Bonchev–Trinajstić information content (AvgIpc) is 2.70. The highest BCUT2D eigenvalue weighted by atomic mass is 16.6. The fourth-order valence-electron chi connectivity index (χ4n) is 4.77. The summed E-state index contributed by atoms with van der Waals surface area (Å²) in [7, 11) is 0. The van der Waals surface area contributed by atoms with E-state index in [2.05, 4.69) is 24.1 Å². The average molecular weight is 389 g/mol. The maximum absolute atomic E-state index is 12.1. The van der Waals surface area contributed by atoms with Crippen molar-refractivity contribution < 1.29 is 19.0 Å². The molecule has 0 aliphatic carbocycles. The number of nitrogens with one attached hydrogen (secondary N) is 1. The molecule has 3 unspecified atom stereocenters. The van der Waals surface area contributed by atoms with Crippen LogP contribution >= 0.6 is 0 Å². The Bertz CT molecular complexity index is 700. The van der Waals surface area contributed by atoms with Gasteiger partial charge in [-0.3, -0.25) is 4.79 Å². The van der Waals surface area contributed by atoms with Crippen molar-refractivity contribution in [3.8, 4) is 11.5 Å². The molecule has 1 amide bonds. The topological polar surface area (TPSA) is 60.0 Å². The maximum Gasteiger partial charge on any atom is 0.249 e. The molecule has 3 heterocycles. The highest BCUT2D eigenvalue weighted by Crippen LogP contribution is 2.37. The van der Waals surface area contributed by atoms with Crippen LogP contribution < -0.4 is 14.8 Å². The number of morpholine rings is 1. The van der Waals surface area contributed by atoms with Gasteiger partial charge in [0.1, 0.15) is 18.8 Å². The summed E-state index contributed by atoms with van der Waals surface area (Å²) in [6, 6.07) is 7.94. The molecule has 0 bridgehead atoms. The number of piperidine rings is 1. The third-order valence-corrected chi connectivity index (χ3v) is 6.35. The van der Waals surface area contributed by atoms with Crippen molar-refractivity contribution in [2.45, 2.75) is 63.9 Å². The number of hydrogen-bond acceptors (Lipinski definition) is 5. The molecule has 3 aliphatic heterocycles. The van der Waals surface area contributed by atoms with Gasteiger partial charge in [-0.1, -0.05) is 26.0 Å². The number of hydrogen-bond donors (Lipinski definition) is 1. The number of rotatable bonds is 4. The number of fused-ring (bicyclic) bond motifs is 1. The molecule has 0 aromatic heterocycles. The van der Waals surface area contributed by atoms with Crippen LogP contribution in [0.2, 0.25) is 0 Å². The van der Waals surface area contributed by atoms with Crippen LogP contribution in [0.15, 0.2) is 24.3 Å². The molecule has 1 spiro atoms. The number of carbonyl (C=O) groups is 1. The third kappa shape index (κ3) is 3.85. The van der Waals surface area contributed by atoms with Gasteiger partial charge >= 0.3 is 0 Å². The van der Waals surface area contributed by atoms with Crippen LogP contribution in [-0.4, -0.2) is 60.9 Å². The summed E-state index contributed by atoms with van der Waals surface area (Å²) in [5.74, 6) is 2.05. The number of para-hydroxylation sites is 2. The van der Waals surface area contributed by atoms with Gasteiger partial charge in [0.05, 0.1) is 11.6 Å². The van der Waals surface area contributed by atoms with E-state index in [4.69, 9.17) is 14.2 Å². The molecular weight excluding hydrogens is 356 g/mol. The number of likely N-dealkylation sites (tertiary alicyclic amines) is 1. The van der Waals surface area contributed by atoms with E-state index >= 15 is 0 Å². The van der Waals surface area contributed by atoms with E-state index in [-0.39, 0.29) is 29.8 Å². The Balaban J connectivity index is 1.30. The molecule has 3 aliphatic rings. The first-order valence-electron chi connectivity index (χ1n) is 10.6. The monoisotopic (exact) mass is 388 g/mol. The predicted molar refractivity (Wildman–Crippen MR) is 107 cm³/mol. The molecule has 6 heteroatoms. The molecule has 1 aromatic rings. The summed E-state index contributed by atoms with van der Waals surface area (Å²) in [6.45, 7) is 9.74. The van der Waals surface area contributed by atoms with Crippen molar-refractivity contribution in [2.24, 2.45) is 5.92 Å². The van der Waals surface area contributed by atoms with Crippen molar-refractivity contribution in [2.75, 3.05) is 26.2 Å². The quantitative estimate of drug-likeness (QED) is 0.859. The van der Waals surface area contributed by atoms with Crippen LogP contribution in [0, 0.1) is 5.92 Å². The zero-order valence-electron chi connectivity index (χ0n) is 17.1. The zero-order valence-corrected chi connectivity index (χ0v) is 17.1.